The van der Waals surface area contributed by atoms with E-state index < -0.39 is 15.6 Å². The van der Waals surface area contributed by atoms with Crippen LogP contribution in [0.3, 0.4) is 0 Å². The molecule has 0 radical (unpaired) electrons. The van der Waals surface area contributed by atoms with Crippen molar-refractivity contribution in [1.29, 1.82) is 0 Å². The Labute approximate surface area is 150 Å². The van der Waals surface area contributed by atoms with Crippen molar-refractivity contribution in [3.05, 3.63) is 0 Å². The van der Waals surface area contributed by atoms with E-state index in [4.69, 9.17) is 38.5 Å². The molecule has 0 bridgehead atoms. The molecule has 94 valence electrons. The second-order valence-electron chi connectivity index (χ2n) is 1.03. The summed E-state index contributed by atoms with van der Waals surface area (Å²) in [5.41, 5.74) is 0. The Hall–Kier alpha value is 3.04. The van der Waals surface area contributed by atoms with E-state index in [2.05, 4.69) is 0 Å². The van der Waals surface area contributed by atoms with Crippen LogP contribution in [0.25, 0.3) is 0 Å². The van der Waals surface area contributed by atoms with E-state index in [1.807, 2.05) is 0 Å². The minimum absolute atomic E-state index is 0. The fourth-order valence-electron chi connectivity index (χ4n) is 0. The molecule has 0 saturated carbocycles. The van der Waals surface area contributed by atoms with Crippen LogP contribution in [0.2, 0.25) is 0 Å². The summed E-state index contributed by atoms with van der Waals surface area (Å²) in [6.07, 6.45) is 0. The van der Waals surface area contributed by atoms with Crippen molar-refractivity contribution in [2.75, 3.05) is 0 Å². The average Bonchev–Trinajstić information content (AvgIpc) is 1.12. The first-order valence-corrected chi connectivity index (χ1v) is 4.70. The standard InChI is InChI=1S/3Al.Ca.2H3O4P.H2O.11H/c;;;;2*1-5(2,3)4;;;;;;;;;;;;/h;;;;2*(H3,1,2,3,4);1H2;;;;;;;;;;;/q;;;+2;;;;;;;;;;;;;2*-1. The fraction of sp³-hybridized carbons (Fsp3) is 0. The molecular weight excluding hydrogens is 327 g/mol. The van der Waals surface area contributed by atoms with Gasteiger partial charge in [0.2, 0.25) is 0 Å². The fourth-order valence-corrected chi connectivity index (χ4v) is 0. The minimum atomic E-state index is -4.64. The van der Waals surface area contributed by atoms with Gasteiger partial charge in [-0.1, -0.05) is 0 Å². The van der Waals surface area contributed by atoms with Crippen molar-refractivity contribution in [3.8, 4) is 0 Å². The van der Waals surface area contributed by atoms with Gasteiger partial charge in [0, 0.05) is 0 Å². The van der Waals surface area contributed by atoms with E-state index in [-0.39, 0.29) is 98.2 Å². The van der Waals surface area contributed by atoms with Crippen molar-refractivity contribution in [3.63, 3.8) is 0 Å². The van der Waals surface area contributed by atoms with Crippen LogP contribution in [0, 0.1) is 0 Å². The van der Waals surface area contributed by atoms with Crippen molar-refractivity contribution in [2.24, 2.45) is 0 Å². The molecule has 0 amide bonds. The van der Waals surface area contributed by atoms with E-state index in [9.17, 15) is 0 Å². The van der Waals surface area contributed by atoms with Gasteiger partial charge in [-0.15, -0.1) is 0 Å². The Balaban J connectivity index is -0.00000000762. The van der Waals surface area contributed by atoms with E-state index in [0.717, 1.165) is 0 Å². The molecule has 15 heteroatoms. The Kier molecular flexibility index (Phi) is 55.5. The van der Waals surface area contributed by atoms with Gasteiger partial charge in [0.05, 0.1) is 0 Å². The Morgan fingerprint density at radius 1 is 0.667 bits per heavy atom. The van der Waals surface area contributed by atoms with Gasteiger partial charge in [-0.3, -0.25) is 0 Å². The normalized spacial score (nSPS) is 7.87. The van der Waals surface area contributed by atoms with Crippen molar-refractivity contribution < 1.29 is 46.8 Å². The van der Waals surface area contributed by atoms with Crippen molar-refractivity contribution >= 4 is 105 Å². The van der Waals surface area contributed by atoms with Gasteiger partial charge in [-0.05, 0) is 0 Å². The van der Waals surface area contributed by atoms with Gasteiger partial charge in [0.25, 0.3) is 0 Å². The molecular formula is H19Al3CaO9P2. The maximum atomic E-state index is 8.88. The zero-order chi connectivity index (χ0) is 9.00. The first-order valence-electron chi connectivity index (χ1n) is 1.57. The van der Waals surface area contributed by atoms with Gasteiger partial charge in [0.15, 0.2) is 52.1 Å². The van der Waals surface area contributed by atoms with Crippen LogP contribution in [0.5, 0.6) is 0 Å². The van der Waals surface area contributed by atoms with Gasteiger partial charge in [0.1, 0.15) is 0 Å². The predicted molar refractivity (Wildman–Crippen MR) is 69.9 cm³/mol. The van der Waals surface area contributed by atoms with Crippen LogP contribution in [0.15, 0.2) is 0 Å². The van der Waals surface area contributed by atoms with Gasteiger partial charge >= 0.3 is 53.4 Å². The number of rotatable bonds is 0. The zero-order valence-electron chi connectivity index (χ0n) is 7.60. The third-order valence-electron chi connectivity index (χ3n) is 0. The van der Waals surface area contributed by atoms with Gasteiger partial charge < -0.3 is 37.7 Å². The topological polar surface area (TPSA) is 187 Å². The predicted octanol–water partition coefficient (Wildman–Crippen LogP) is -6.39. The van der Waals surface area contributed by atoms with Crippen LogP contribution in [0.4, 0.5) is 0 Å². The molecule has 0 atom stereocenters. The Morgan fingerprint density at radius 3 is 0.667 bits per heavy atom. The molecule has 0 aromatic rings. The molecule has 0 aliphatic heterocycles. The molecule has 0 aromatic heterocycles. The first-order chi connectivity index (χ1) is 4.00. The summed E-state index contributed by atoms with van der Waals surface area (Å²) in [5.74, 6) is 0. The van der Waals surface area contributed by atoms with E-state index >= 15 is 0 Å². The Bertz CT molecular complexity index is 145. The third-order valence-corrected chi connectivity index (χ3v) is 0. The second kappa shape index (κ2) is 19.4. The van der Waals surface area contributed by atoms with E-state index in [1.165, 1.54) is 0 Å². The number of hydrogen-bond donors (Lipinski definition) is 6. The second-order valence-corrected chi connectivity index (χ2v) is 3.08. The first kappa shape index (κ1) is 43.0. The molecule has 0 aliphatic carbocycles. The molecule has 15 heavy (non-hydrogen) atoms. The van der Waals surface area contributed by atoms with Crippen LogP contribution < -0.4 is 0 Å². The summed E-state index contributed by atoms with van der Waals surface area (Å²) in [4.78, 5) is 43.1. The molecule has 0 spiro atoms. The third kappa shape index (κ3) is 418. The smallest absolute Gasteiger partial charge is 1.00 e. The van der Waals surface area contributed by atoms with Crippen LogP contribution in [0.1, 0.15) is 2.85 Å². The maximum absolute atomic E-state index is 8.88. The summed E-state index contributed by atoms with van der Waals surface area (Å²) in [6.45, 7) is 0. The van der Waals surface area contributed by atoms with E-state index in [1.54, 1.807) is 0 Å². The quantitative estimate of drug-likeness (QED) is 0.184. The SMILES string of the molecule is O.O=P(O)(O)O.O=P(O)(O)O.[AlH3].[AlH3].[AlH3].[Ca+2].[H-].[H-]. The summed E-state index contributed by atoms with van der Waals surface area (Å²) < 4.78 is 17.8. The molecule has 9 nitrogen and oxygen atoms in total. The largest absolute Gasteiger partial charge is 2.00 e. The summed E-state index contributed by atoms with van der Waals surface area (Å²) in [5, 5.41) is 0. The molecule has 0 aliphatic rings. The Morgan fingerprint density at radius 2 is 0.667 bits per heavy atom. The average molecular weight is 346 g/mol. The maximum Gasteiger partial charge on any atom is 2.00 e. The van der Waals surface area contributed by atoms with Crippen LogP contribution >= 0.6 is 15.6 Å². The minimum Gasteiger partial charge on any atom is -1.00 e. The van der Waals surface area contributed by atoms with Crippen molar-refractivity contribution in [2.45, 2.75) is 0 Å². The molecule has 0 unspecified atom stereocenters. The van der Waals surface area contributed by atoms with Gasteiger partial charge in [-0.2, -0.15) is 0 Å². The van der Waals surface area contributed by atoms with Crippen LogP contribution in [-0.4, -0.2) is 125 Å². The number of phosphoric acid groups is 2. The molecule has 0 rings (SSSR count). The van der Waals surface area contributed by atoms with Gasteiger partial charge in [-0.25, -0.2) is 9.13 Å². The molecule has 0 saturated heterocycles. The monoisotopic (exact) mass is 346 g/mol. The summed E-state index contributed by atoms with van der Waals surface area (Å²) in [7, 11) is -9.28. The van der Waals surface area contributed by atoms with E-state index in [0.29, 0.717) is 0 Å². The van der Waals surface area contributed by atoms with Crippen molar-refractivity contribution in [1.82, 2.24) is 0 Å². The molecule has 0 aromatic carbocycles. The summed E-state index contributed by atoms with van der Waals surface area (Å²) in [6, 6.07) is 0. The zero-order valence-corrected chi connectivity index (χ0v) is 9.60. The summed E-state index contributed by atoms with van der Waals surface area (Å²) >= 11 is 0. The molecule has 0 heterocycles. The number of hydrogen-bond acceptors (Lipinski definition) is 2. The molecule has 8 N–H and O–H groups in total. The molecule has 0 fully saturated rings. The van der Waals surface area contributed by atoms with Crippen LogP contribution in [-0.2, 0) is 9.13 Å².